The summed E-state index contributed by atoms with van der Waals surface area (Å²) in [7, 11) is 1.34. The highest BCUT2D eigenvalue weighted by atomic mass is 16.5. The van der Waals surface area contributed by atoms with E-state index in [0.29, 0.717) is 6.42 Å². The topological polar surface area (TPSA) is 66.4 Å². The van der Waals surface area contributed by atoms with Crippen molar-refractivity contribution >= 4 is 17.2 Å². The first-order chi connectivity index (χ1) is 7.72. The van der Waals surface area contributed by atoms with E-state index in [9.17, 15) is 4.79 Å². The normalized spacial score (nSPS) is 14.8. The minimum atomic E-state index is -0.627. The molecule has 1 aromatic rings. The highest BCUT2D eigenvalue weighted by Crippen LogP contribution is 2.32. The number of benzene rings is 1. The van der Waals surface area contributed by atoms with Gasteiger partial charge >= 0.3 is 5.97 Å². The minimum Gasteiger partial charge on any atom is -0.468 e. The Bertz CT molecular complexity index is 440. The van der Waals surface area contributed by atoms with Crippen molar-refractivity contribution in [3.05, 3.63) is 36.0 Å². The summed E-state index contributed by atoms with van der Waals surface area (Å²) >= 11 is 0. The Morgan fingerprint density at radius 2 is 2.25 bits per heavy atom. The molecule has 0 spiro atoms. The van der Waals surface area contributed by atoms with E-state index in [1.54, 1.807) is 6.20 Å². The molecule has 1 atom stereocenters. The van der Waals surface area contributed by atoms with E-state index < -0.39 is 12.0 Å². The molecule has 0 aromatic heterocycles. The number of carbonyl (C=O) groups excluding carboxylic acids is 1. The van der Waals surface area contributed by atoms with Gasteiger partial charge in [-0.1, -0.05) is 18.2 Å². The van der Waals surface area contributed by atoms with Gasteiger partial charge in [-0.3, -0.25) is 10.1 Å². The Labute approximate surface area is 94.1 Å². The Morgan fingerprint density at radius 1 is 1.50 bits per heavy atom. The summed E-state index contributed by atoms with van der Waals surface area (Å²) < 4.78 is 4.59. The van der Waals surface area contributed by atoms with Crippen LogP contribution in [0, 0.1) is 0 Å². The molecule has 1 unspecified atom stereocenters. The average Bonchev–Trinajstić information content (AvgIpc) is 2.72. The molecule has 1 heterocycles. The number of esters is 1. The SMILES string of the molecule is COC(=O)C(N)CC1=C[N]c2ccccc21. The number of nitrogens with zero attached hydrogens (tertiary/aromatic N) is 1. The van der Waals surface area contributed by atoms with Crippen molar-refractivity contribution in [1.29, 1.82) is 0 Å². The maximum absolute atomic E-state index is 11.2. The predicted octanol–water partition coefficient (Wildman–Crippen LogP) is 1.17. The Balaban J connectivity index is 2.11. The molecule has 0 aliphatic carbocycles. The van der Waals surface area contributed by atoms with Crippen molar-refractivity contribution in [2.45, 2.75) is 12.5 Å². The lowest BCUT2D eigenvalue weighted by molar-refractivity contribution is -0.142. The van der Waals surface area contributed by atoms with Crippen LogP contribution in [0.3, 0.4) is 0 Å². The van der Waals surface area contributed by atoms with E-state index in [2.05, 4.69) is 10.1 Å². The van der Waals surface area contributed by atoms with Gasteiger partial charge < -0.3 is 10.5 Å². The van der Waals surface area contributed by atoms with E-state index in [1.165, 1.54) is 7.11 Å². The first-order valence-electron chi connectivity index (χ1n) is 5.05. The number of ether oxygens (including phenoxy) is 1. The fourth-order valence-corrected chi connectivity index (χ4v) is 1.71. The summed E-state index contributed by atoms with van der Waals surface area (Å²) in [4.78, 5) is 11.2. The third-order valence-corrected chi connectivity index (χ3v) is 2.55. The van der Waals surface area contributed by atoms with Gasteiger partial charge in [-0.15, -0.1) is 0 Å². The van der Waals surface area contributed by atoms with Crippen molar-refractivity contribution in [3.8, 4) is 0 Å². The van der Waals surface area contributed by atoms with Gasteiger partial charge in [-0.05, 0) is 11.6 Å². The van der Waals surface area contributed by atoms with Crippen LogP contribution >= 0.6 is 0 Å². The van der Waals surface area contributed by atoms with E-state index >= 15 is 0 Å². The van der Waals surface area contributed by atoms with Crippen LogP contribution in [0.15, 0.2) is 30.5 Å². The zero-order chi connectivity index (χ0) is 11.5. The Kier molecular flexibility index (Phi) is 2.92. The largest absolute Gasteiger partial charge is 0.468 e. The highest BCUT2D eigenvalue weighted by molar-refractivity contribution is 5.84. The Hall–Kier alpha value is -1.81. The highest BCUT2D eigenvalue weighted by Gasteiger charge is 2.21. The van der Waals surface area contributed by atoms with Crippen molar-refractivity contribution in [3.63, 3.8) is 0 Å². The summed E-state index contributed by atoms with van der Waals surface area (Å²) in [5, 5.41) is 4.25. The summed E-state index contributed by atoms with van der Waals surface area (Å²) in [5.74, 6) is -0.398. The van der Waals surface area contributed by atoms with Crippen LogP contribution in [0.4, 0.5) is 5.69 Å². The molecule has 0 fully saturated rings. The number of methoxy groups -OCH3 is 1. The number of fused-ring (bicyclic) bond motifs is 1. The molecule has 2 N–H and O–H groups in total. The van der Waals surface area contributed by atoms with Crippen LogP contribution in [0.5, 0.6) is 0 Å². The second-order valence-electron chi connectivity index (χ2n) is 3.63. The van der Waals surface area contributed by atoms with Gasteiger partial charge in [0, 0.05) is 18.2 Å². The molecule has 0 saturated carbocycles. The standard InChI is InChI=1S/C12H13N2O2/c1-16-12(15)10(13)6-8-7-14-11-5-3-2-4-9(8)11/h2-5,7,10H,6,13H2,1H3. The van der Waals surface area contributed by atoms with Gasteiger partial charge in [-0.2, -0.15) is 0 Å². The third-order valence-electron chi connectivity index (χ3n) is 2.55. The number of hydrogen-bond donors (Lipinski definition) is 1. The van der Waals surface area contributed by atoms with Gasteiger partial charge in [0.25, 0.3) is 0 Å². The average molecular weight is 217 g/mol. The van der Waals surface area contributed by atoms with Gasteiger partial charge in [0.1, 0.15) is 6.04 Å². The van der Waals surface area contributed by atoms with E-state index in [0.717, 1.165) is 16.8 Å². The van der Waals surface area contributed by atoms with Crippen LogP contribution in [0.2, 0.25) is 0 Å². The molecule has 1 aromatic carbocycles. The smallest absolute Gasteiger partial charge is 0.322 e. The molecule has 0 amide bonds. The van der Waals surface area contributed by atoms with Gasteiger partial charge in [0.15, 0.2) is 0 Å². The van der Waals surface area contributed by atoms with Gasteiger partial charge in [-0.25, -0.2) is 0 Å². The zero-order valence-electron chi connectivity index (χ0n) is 9.01. The first-order valence-corrected chi connectivity index (χ1v) is 5.05. The lowest BCUT2D eigenvalue weighted by atomic mass is 10.0. The fourth-order valence-electron chi connectivity index (χ4n) is 1.71. The molecule has 1 aliphatic rings. The molecule has 0 bridgehead atoms. The van der Waals surface area contributed by atoms with Gasteiger partial charge in [0.05, 0.1) is 12.8 Å². The molecule has 1 radical (unpaired) electrons. The molecule has 4 nitrogen and oxygen atoms in total. The molecule has 0 saturated heterocycles. The molecule has 4 heteroatoms. The molecular weight excluding hydrogens is 204 g/mol. The van der Waals surface area contributed by atoms with Crippen LogP contribution in [-0.4, -0.2) is 19.1 Å². The van der Waals surface area contributed by atoms with Crippen molar-refractivity contribution in [1.82, 2.24) is 5.32 Å². The molecule has 16 heavy (non-hydrogen) atoms. The van der Waals surface area contributed by atoms with Crippen molar-refractivity contribution in [2.75, 3.05) is 7.11 Å². The maximum Gasteiger partial charge on any atom is 0.322 e. The van der Waals surface area contributed by atoms with Crippen LogP contribution < -0.4 is 11.1 Å². The number of rotatable bonds is 3. The summed E-state index contributed by atoms with van der Waals surface area (Å²) in [6.45, 7) is 0. The maximum atomic E-state index is 11.2. The van der Waals surface area contributed by atoms with Crippen LogP contribution in [0.25, 0.3) is 5.57 Å². The van der Waals surface area contributed by atoms with Crippen molar-refractivity contribution < 1.29 is 9.53 Å². The van der Waals surface area contributed by atoms with E-state index in [4.69, 9.17) is 5.73 Å². The summed E-state index contributed by atoms with van der Waals surface area (Å²) in [6, 6.07) is 7.15. The van der Waals surface area contributed by atoms with E-state index in [1.807, 2.05) is 24.3 Å². The molecular formula is C12H13N2O2. The quantitative estimate of drug-likeness (QED) is 0.773. The molecule has 2 rings (SSSR count). The monoisotopic (exact) mass is 217 g/mol. The molecule has 83 valence electrons. The molecule has 1 aliphatic heterocycles. The van der Waals surface area contributed by atoms with Gasteiger partial charge in [0.2, 0.25) is 0 Å². The third kappa shape index (κ3) is 1.92. The summed E-state index contributed by atoms with van der Waals surface area (Å²) in [6.07, 6.45) is 2.21. The van der Waals surface area contributed by atoms with Crippen molar-refractivity contribution in [2.24, 2.45) is 5.73 Å². The second-order valence-corrected chi connectivity index (χ2v) is 3.63. The fraction of sp³-hybridized carbons (Fsp3) is 0.250. The number of para-hydroxylation sites is 1. The number of nitrogens with two attached hydrogens (primary N) is 1. The number of carbonyl (C=O) groups is 1. The van der Waals surface area contributed by atoms with Crippen LogP contribution in [-0.2, 0) is 9.53 Å². The minimum absolute atomic E-state index is 0.398. The Morgan fingerprint density at radius 3 is 3.00 bits per heavy atom. The lowest BCUT2D eigenvalue weighted by Gasteiger charge is -2.10. The second kappa shape index (κ2) is 4.37. The van der Waals surface area contributed by atoms with E-state index in [-0.39, 0.29) is 0 Å². The zero-order valence-corrected chi connectivity index (χ0v) is 9.01. The summed E-state index contributed by atoms with van der Waals surface area (Å²) in [5.41, 5.74) is 8.66. The predicted molar refractivity (Wildman–Crippen MR) is 60.8 cm³/mol. The first kappa shape index (κ1) is 10.7. The number of hydrogen-bond acceptors (Lipinski definition) is 3. The lowest BCUT2D eigenvalue weighted by Crippen LogP contribution is -2.31. The van der Waals surface area contributed by atoms with Crippen LogP contribution in [0.1, 0.15) is 12.0 Å².